The van der Waals surface area contributed by atoms with Crippen LogP contribution in [0.25, 0.3) is 0 Å². The predicted octanol–water partition coefficient (Wildman–Crippen LogP) is 5.19. The Labute approximate surface area is 141 Å². The van der Waals surface area contributed by atoms with Gasteiger partial charge < -0.3 is 10.2 Å². The van der Waals surface area contributed by atoms with Gasteiger partial charge in [-0.15, -0.1) is 0 Å². The number of allylic oxidation sites excluding steroid dienone is 6. The van der Waals surface area contributed by atoms with Gasteiger partial charge in [-0.2, -0.15) is 0 Å². The summed E-state index contributed by atoms with van der Waals surface area (Å²) in [6, 6.07) is 0. The minimum Gasteiger partial charge on any atom is -0.481 e. The zero-order valence-corrected chi connectivity index (χ0v) is 14.4. The zero-order valence-electron chi connectivity index (χ0n) is 14.4. The third kappa shape index (κ3) is 18.3. The van der Waals surface area contributed by atoms with Gasteiger partial charge in [-0.05, 0) is 38.5 Å². The van der Waals surface area contributed by atoms with E-state index >= 15 is 0 Å². The fourth-order valence-electron chi connectivity index (χ4n) is 1.95. The number of aliphatic hydroxyl groups excluding tert-OH is 1. The first-order valence-electron chi connectivity index (χ1n) is 8.70. The standard InChI is InChI=1S/C20H32O3/c1-2-3-4-5-6-7-8-10-13-16-19(21)17-14-11-9-12-15-18-20(22)23/h6-7,9-11,13-14,17,19,21H,2-5,8,12,15-16,18H2,1H3,(H,22,23). The van der Waals surface area contributed by atoms with Gasteiger partial charge in [-0.1, -0.05) is 68.4 Å². The molecule has 0 amide bonds. The van der Waals surface area contributed by atoms with E-state index < -0.39 is 12.1 Å². The molecule has 23 heavy (non-hydrogen) atoms. The van der Waals surface area contributed by atoms with Crippen LogP contribution >= 0.6 is 0 Å². The number of carboxylic acids is 1. The van der Waals surface area contributed by atoms with Crippen LogP contribution in [0.1, 0.15) is 64.7 Å². The first kappa shape index (κ1) is 21.4. The minimum atomic E-state index is -0.757. The highest BCUT2D eigenvalue weighted by atomic mass is 16.4. The summed E-state index contributed by atoms with van der Waals surface area (Å²) in [6.07, 6.45) is 23.5. The van der Waals surface area contributed by atoms with Crippen molar-refractivity contribution in [2.45, 2.75) is 70.8 Å². The molecule has 0 heterocycles. The number of hydrogen-bond donors (Lipinski definition) is 2. The summed E-state index contributed by atoms with van der Waals surface area (Å²) in [5.74, 6) is -0.757. The van der Waals surface area contributed by atoms with Crippen LogP contribution in [0, 0.1) is 0 Å². The maximum Gasteiger partial charge on any atom is 0.303 e. The number of rotatable bonds is 14. The molecule has 0 aliphatic carbocycles. The topological polar surface area (TPSA) is 57.5 Å². The zero-order chi connectivity index (χ0) is 17.2. The van der Waals surface area contributed by atoms with E-state index in [9.17, 15) is 9.90 Å². The summed E-state index contributed by atoms with van der Waals surface area (Å²) < 4.78 is 0. The summed E-state index contributed by atoms with van der Waals surface area (Å²) >= 11 is 0. The number of carboxylic acid groups (broad SMARTS) is 1. The molecule has 0 radical (unpaired) electrons. The second-order valence-electron chi connectivity index (χ2n) is 5.58. The SMILES string of the molecule is CCCCCC=CCC=CCC(O)C=CC=CCCCC(=O)O. The highest BCUT2D eigenvalue weighted by molar-refractivity contribution is 5.66. The van der Waals surface area contributed by atoms with Crippen molar-refractivity contribution in [1.29, 1.82) is 0 Å². The van der Waals surface area contributed by atoms with E-state index in [1.54, 1.807) is 6.08 Å². The number of carbonyl (C=O) groups is 1. The fourth-order valence-corrected chi connectivity index (χ4v) is 1.95. The van der Waals surface area contributed by atoms with Crippen LogP contribution in [0.3, 0.4) is 0 Å². The third-order valence-electron chi connectivity index (χ3n) is 3.30. The normalized spacial score (nSPS) is 13.8. The van der Waals surface area contributed by atoms with Crippen molar-refractivity contribution in [3.63, 3.8) is 0 Å². The average molecular weight is 320 g/mol. The summed E-state index contributed by atoms with van der Waals surface area (Å²) in [7, 11) is 0. The average Bonchev–Trinajstić information content (AvgIpc) is 2.52. The van der Waals surface area contributed by atoms with Gasteiger partial charge in [-0.3, -0.25) is 4.79 Å². The molecular formula is C20H32O3. The van der Waals surface area contributed by atoms with Crippen molar-refractivity contribution in [3.05, 3.63) is 48.6 Å². The second-order valence-corrected chi connectivity index (χ2v) is 5.58. The van der Waals surface area contributed by atoms with Crippen molar-refractivity contribution < 1.29 is 15.0 Å². The first-order chi connectivity index (χ1) is 11.2. The van der Waals surface area contributed by atoms with Gasteiger partial charge in [-0.25, -0.2) is 0 Å². The monoisotopic (exact) mass is 320 g/mol. The van der Waals surface area contributed by atoms with Crippen LogP contribution in [0.15, 0.2) is 48.6 Å². The molecule has 0 saturated carbocycles. The molecule has 0 aromatic rings. The Balaban J connectivity index is 3.62. The van der Waals surface area contributed by atoms with E-state index in [0.29, 0.717) is 12.8 Å². The quantitative estimate of drug-likeness (QED) is 0.263. The Morgan fingerprint density at radius 3 is 2.43 bits per heavy atom. The van der Waals surface area contributed by atoms with Crippen molar-refractivity contribution in [2.75, 3.05) is 0 Å². The van der Waals surface area contributed by atoms with Gasteiger partial charge in [0.15, 0.2) is 0 Å². The van der Waals surface area contributed by atoms with E-state index in [4.69, 9.17) is 5.11 Å². The lowest BCUT2D eigenvalue weighted by molar-refractivity contribution is -0.137. The van der Waals surface area contributed by atoms with E-state index in [2.05, 4.69) is 25.2 Å². The fraction of sp³-hybridized carbons (Fsp3) is 0.550. The summed E-state index contributed by atoms with van der Waals surface area (Å²) in [4.78, 5) is 10.3. The van der Waals surface area contributed by atoms with Crippen LogP contribution in [-0.2, 0) is 4.79 Å². The molecule has 0 bridgehead atoms. The van der Waals surface area contributed by atoms with Gasteiger partial charge in [0.25, 0.3) is 0 Å². The minimum absolute atomic E-state index is 0.203. The Kier molecular flexibility index (Phi) is 15.6. The van der Waals surface area contributed by atoms with Gasteiger partial charge in [0.05, 0.1) is 6.10 Å². The van der Waals surface area contributed by atoms with Crippen LogP contribution in [0.4, 0.5) is 0 Å². The number of hydrogen-bond acceptors (Lipinski definition) is 2. The van der Waals surface area contributed by atoms with E-state index in [-0.39, 0.29) is 6.42 Å². The Hall–Kier alpha value is -1.61. The number of aliphatic carboxylic acids is 1. The first-order valence-corrected chi connectivity index (χ1v) is 8.70. The highest BCUT2D eigenvalue weighted by Crippen LogP contribution is 2.02. The highest BCUT2D eigenvalue weighted by Gasteiger charge is 1.94. The molecule has 1 unspecified atom stereocenters. The number of unbranched alkanes of at least 4 members (excludes halogenated alkanes) is 4. The van der Waals surface area contributed by atoms with E-state index in [0.717, 1.165) is 19.3 Å². The molecule has 3 heteroatoms. The molecule has 2 N–H and O–H groups in total. The molecule has 130 valence electrons. The maximum atomic E-state index is 10.3. The molecule has 0 aromatic carbocycles. The molecule has 0 aliphatic heterocycles. The lowest BCUT2D eigenvalue weighted by Gasteiger charge is -1.98. The molecule has 3 nitrogen and oxygen atoms in total. The summed E-state index contributed by atoms with van der Waals surface area (Å²) in [5, 5.41) is 18.2. The molecule has 0 spiro atoms. The third-order valence-corrected chi connectivity index (χ3v) is 3.30. The second kappa shape index (κ2) is 16.8. The van der Waals surface area contributed by atoms with Crippen LogP contribution in [0.5, 0.6) is 0 Å². The lowest BCUT2D eigenvalue weighted by Crippen LogP contribution is -1.98. The van der Waals surface area contributed by atoms with Crippen LogP contribution in [0.2, 0.25) is 0 Å². The predicted molar refractivity (Wildman–Crippen MR) is 97.4 cm³/mol. The van der Waals surface area contributed by atoms with Gasteiger partial charge in [0.1, 0.15) is 0 Å². The van der Waals surface area contributed by atoms with Gasteiger partial charge >= 0.3 is 5.97 Å². The van der Waals surface area contributed by atoms with E-state index in [1.165, 1.54) is 19.3 Å². The Morgan fingerprint density at radius 1 is 0.957 bits per heavy atom. The van der Waals surface area contributed by atoms with E-state index in [1.807, 2.05) is 24.3 Å². The summed E-state index contributed by atoms with van der Waals surface area (Å²) in [5.41, 5.74) is 0. The largest absolute Gasteiger partial charge is 0.481 e. The molecule has 0 saturated heterocycles. The van der Waals surface area contributed by atoms with Crippen molar-refractivity contribution in [2.24, 2.45) is 0 Å². The van der Waals surface area contributed by atoms with Crippen molar-refractivity contribution >= 4 is 5.97 Å². The molecular weight excluding hydrogens is 288 g/mol. The molecule has 0 aromatic heterocycles. The number of aliphatic hydroxyl groups is 1. The molecule has 0 fully saturated rings. The smallest absolute Gasteiger partial charge is 0.303 e. The van der Waals surface area contributed by atoms with Crippen molar-refractivity contribution in [3.8, 4) is 0 Å². The Morgan fingerprint density at radius 2 is 1.70 bits per heavy atom. The van der Waals surface area contributed by atoms with Gasteiger partial charge in [0, 0.05) is 6.42 Å². The van der Waals surface area contributed by atoms with Crippen LogP contribution < -0.4 is 0 Å². The van der Waals surface area contributed by atoms with Crippen molar-refractivity contribution in [1.82, 2.24) is 0 Å². The Bertz CT molecular complexity index is 392. The summed E-state index contributed by atoms with van der Waals surface area (Å²) in [6.45, 7) is 2.21. The molecule has 1 atom stereocenters. The lowest BCUT2D eigenvalue weighted by atomic mass is 10.2. The molecule has 0 rings (SSSR count). The maximum absolute atomic E-state index is 10.3. The molecule has 0 aliphatic rings. The van der Waals surface area contributed by atoms with Gasteiger partial charge in [0.2, 0.25) is 0 Å². The van der Waals surface area contributed by atoms with Crippen LogP contribution in [-0.4, -0.2) is 22.3 Å².